The molecule has 0 bridgehead atoms. The molecule has 1 rings (SSSR count). The van der Waals surface area contributed by atoms with E-state index in [0.717, 1.165) is 0 Å². The molecule has 0 aliphatic carbocycles. The van der Waals surface area contributed by atoms with Crippen LogP contribution in [0.2, 0.25) is 0 Å². The highest BCUT2D eigenvalue weighted by atomic mass is 127. The monoisotopic (exact) mass is 279 g/mol. The normalized spacial score (nSPS) is 9.83. The maximum absolute atomic E-state index is 11.1. The van der Waals surface area contributed by atoms with Crippen molar-refractivity contribution < 1.29 is 9.90 Å². The lowest BCUT2D eigenvalue weighted by Gasteiger charge is -1.98. The molecule has 1 aromatic heterocycles. The molecule has 0 aliphatic heterocycles. The summed E-state index contributed by atoms with van der Waals surface area (Å²) < 4.78 is 0.500. The molecule has 0 radical (unpaired) electrons. The lowest BCUT2D eigenvalue weighted by atomic mass is 10.2. The summed E-state index contributed by atoms with van der Waals surface area (Å²) in [5, 5.41) is 9.20. The number of halogens is 1. The maximum Gasteiger partial charge on any atom is 0.263 e. The van der Waals surface area contributed by atoms with E-state index in [4.69, 9.17) is 0 Å². The van der Waals surface area contributed by atoms with Crippen molar-refractivity contribution in [3.8, 4) is 5.75 Å². The van der Waals surface area contributed by atoms with Gasteiger partial charge in [0.15, 0.2) is 5.78 Å². The Morgan fingerprint density at radius 3 is 2.67 bits per heavy atom. The Kier molecular flexibility index (Phi) is 2.51. The fraction of sp³-hybridized carbons (Fsp3) is 0.143. The van der Waals surface area contributed by atoms with Gasteiger partial charge >= 0.3 is 0 Å². The maximum atomic E-state index is 11.1. The lowest BCUT2D eigenvalue weighted by molar-refractivity contribution is 0.101. The van der Waals surface area contributed by atoms with Crippen LogP contribution in [0.25, 0.3) is 0 Å². The Hall–Kier alpha value is -0.850. The van der Waals surface area contributed by atoms with Gasteiger partial charge in [0.2, 0.25) is 0 Å². The molecule has 0 amide bonds. The Morgan fingerprint density at radius 1 is 1.67 bits per heavy atom. The predicted octanol–water partition coefficient (Wildman–Crippen LogP) is 0.888. The van der Waals surface area contributed by atoms with Crippen molar-refractivity contribution in [3.63, 3.8) is 0 Å². The van der Waals surface area contributed by atoms with Gasteiger partial charge in [-0.05, 0) is 29.5 Å². The van der Waals surface area contributed by atoms with Gasteiger partial charge in [0.25, 0.3) is 5.56 Å². The number of pyridine rings is 1. The van der Waals surface area contributed by atoms with E-state index in [0.29, 0.717) is 3.70 Å². The number of hydrogen-bond donors (Lipinski definition) is 2. The van der Waals surface area contributed by atoms with Crippen molar-refractivity contribution in [2.45, 2.75) is 6.92 Å². The van der Waals surface area contributed by atoms with Crippen LogP contribution in [0, 0.1) is 3.70 Å². The van der Waals surface area contributed by atoms with Crippen LogP contribution in [0.15, 0.2) is 10.9 Å². The minimum absolute atomic E-state index is 0.185. The van der Waals surface area contributed by atoms with Crippen LogP contribution in [-0.4, -0.2) is 15.9 Å². The molecule has 0 atom stereocenters. The number of hydrogen-bond acceptors (Lipinski definition) is 3. The largest absolute Gasteiger partial charge is 0.507 e. The summed E-state index contributed by atoms with van der Waals surface area (Å²) >= 11 is 1.84. The quantitative estimate of drug-likeness (QED) is 0.455. The van der Waals surface area contributed by atoms with Gasteiger partial charge in [-0.3, -0.25) is 9.59 Å². The molecule has 5 heteroatoms. The van der Waals surface area contributed by atoms with Gasteiger partial charge in [0.05, 0.1) is 3.70 Å². The number of H-pyrrole nitrogens is 1. The zero-order valence-corrected chi connectivity index (χ0v) is 8.38. The predicted molar refractivity (Wildman–Crippen MR) is 51.4 cm³/mol. The van der Waals surface area contributed by atoms with E-state index >= 15 is 0 Å². The molecule has 0 saturated heterocycles. The van der Waals surface area contributed by atoms with Gasteiger partial charge in [-0.25, -0.2) is 0 Å². The van der Waals surface area contributed by atoms with Crippen LogP contribution in [-0.2, 0) is 0 Å². The number of aromatic nitrogens is 1. The average molecular weight is 279 g/mol. The van der Waals surface area contributed by atoms with Crippen molar-refractivity contribution in [2.75, 3.05) is 0 Å². The summed E-state index contributed by atoms with van der Waals surface area (Å²) in [5.74, 6) is -0.708. The van der Waals surface area contributed by atoms with Crippen LogP contribution in [0.3, 0.4) is 0 Å². The molecule has 1 heterocycles. The molecule has 12 heavy (non-hydrogen) atoms. The summed E-state index contributed by atoms with van der Waals surface area (Å²) in [6, 6.07) is 1.33. The number of aromatic hydroxyl groups is 1. The summed E-state index contributed by atoms with van der Waals surface area (Å²) in [6.45, 7) is 1.23. The lowest BCUT2D eigenvalue weighted by Crippen LogP contribution is -2.16. The zero-order valence-electron chi connectivity index (χ0n) is 6.22. The number of carbonyl (C=O) groups is 1. The van der Waals surface area contributed by atoms with E-state index in [2.05, 4.69) is 4.98 Å². The first-order valence-corrected chi connectivity index (χ1v) is 4.23. The van der Waals surface area contributed by atoms with E-state index in [1.807, 2.05) is 22.6 Å². The highest BCUT2D eigenvalue weighted by Crippen LogP contribution is 2.14. The van der Waals surface area contributed by atoms with Gasteiger partial charge in [-0.2, -0.15) is 0 Å². The fourth-order valence-corrected chi connectivity index (χ4v) is 1.40. The number of aromatic amines is 1. The van der Waals surface area contributed by atoms with Crippen LogP contribution in [0.1, 0.15) is 17.3 Å². The minimum Gasteiger partial charge on any atom is -0.507 e. The average Bonchev–Trinajstić information content (AvgIpc) is 1.82. The van der Waals surface area contributed by atoms with Crippen molar-refractivity contribution in [3.05, 3.63) is 25.7 Å². The molecule has 0 aliphatic rings. The van der Waals surface area contributed by atoms with Gasteiger partial charge in [-0.1, -0.05) is 0 Å². The van der Waals surface area contributed by atoms with E-state index in [1.165, 1.54) is 13.0 Å². The number of rotatable bonds is 1. The zero-order chi connectivity index (χ0) is 9.30. The highest BCUT2D eigenvalue weighted by Gasteiger charge is 2.11. The van der Waals surface area contributed by atoms with Crippen molar-refractivity contribution in [1.29, 1.82) is 0 Å². The Morgan fingerprint density at radius 2 is 2.25 bits per heavy atom. The molecule has 0 aromatic carbocycles. The minimum atomic E-state index is -0.549. The standard InChI is InChI=1S/C7H6INO3/c1-3(10)6-4(11)2-5(8)9-7(6)12/h2H,1H3,(H2,9,11,12). The van der Waals surface area contributed by atoms with E-state index < -0.39 is 11.3 Å². The highest BCUT2D eigenvalue weighted by molar-refractivity contribution is 14.1. The second-order valence-electron chi connectivity index (χ2n) is 2.26. The first-order valence-electron chi connectivity index (χ1n) is 3.15. The number of Topliss-reactive ketones (excluding diaryl/α,β-unsaturated/α-hetero) is 1. The Bertz CT molecular complexity index is 383. The van der Waals surface area contributed by atoms with Crippen LogP contribution >= 0.6 is 22.6 Å². The van der Waals surface area contributed by atoms with Crippen molar-refractivity contribution in [2.24, 2.45) is 0 Å². The van der Waals surface area contributed by atoms with Crippen molar-refractivity contribution >= 4 is 28.4 Å². The van der Waals surface area contributed by atoms with Crippen LogP contribution in [0.5, 0.6) is 5.75 Å². The van der Waals surface area contributed by atoms with Crippen LogP contribution < -0.4 is 5.56 Å². The van der Waals surface area contributed by atoms with E-state index in [1.54, 1.807) is 0 Å². The molecule has 0 fully saturated rings. The Balaban J connectivity index is 3.49. The summed E-state index contributed by atoms with van der Waals surface area (Å²) in [4.78, 5) is 24.3. The molecular formula is C7H6INO3. The van der Waals surface area contributed by atoms with Gasteiger partial charge in [-0.15, -0.1) is 0 Å². The van der Waals surface area contributed by atoms with Gasteiger partial charge in [0.1, 0.15) is 11.3 Å². The van der Waals surface area contributed by atoms with Gasteiger partial charge < -0.3 is 10.1 Å². The molecule has 0 saturated carbocycles. The second kappa shape index (κ2) is 3.26. The third-order valence-electron chi connectivity index (χ3n) is 1.33. The third kappa shape index (κ3) is 1.66. The molecule has 1 aromatic rings. The smallest absolute Gasteiger partial charge is 0.263 e. The summed E-state index contributed by atoms with van der Waals surface area (Å²) in [7, 11) is 0. The number of ketones is 1. The summed E-state index contributed by atoms with van der Waals surface area (Å²) in [5.41, 5.74) is -0.734. The topological polar surface area (TPSA) is 70.2 Å². The Labute approximate surface area is 81.8 Å². The number of carbonyl (C=O) groups excluding carboxylic acids is 1. The second-order valence-corrected chi connectivity index (χ2v) is 3.43. The fourth-order valence-electron chi connectivity index (χ4n) is 0.856. The molecule has 64 valence electrons. The van der Waals surface area contributed by atoms with Gasteiger partial charge in [0, 0.05) is 6.07 Å². The first-order chi connectivity index (χ1) is 5.52. The van der Waals surface area contributed by atoms with E-state index in [9.17, 15) is 14.7 Å². The molecular weight excluding hydrogens is 273 g/mol. The SMILES string of the molecule is CC(=O)c1c(O)cc(I)[nH]c1=O. The third-order valence-corrected chi connectivity index (χ3v) is 1.91. The molecule has 4 nitrogen and oxygen atoms in total. The van der Waals surface area contributed by atoms with Crippen molar-refractivity contribution in [1.82, 2.24) is 4.98 Å². The molecule has 2 N–H and O–H groups in total. The number of nitrogens with one attached hydrogen (secondary N) is 1. The molecule has 0 unspecified atom stereocenters. The summed E-state index contributed by atoms with van der Waals surface area (Å²) in [6.07, 6.45) is 0. The van der Waals surface area contributed by atoms with Crippen LogP contribution in [0.4, 0.5) is 0 Å². The first kappa shape index (κ1) is 9.24. The van der Waals surface area contributed by atoms with E-state index in [-0.39, 0.29) is 11.3 Å². The molecule has 0 spiro atoms.